The lowest BCUT2D eigenvalue weighted by Gasteiger charge is -2.26. The van der Waals surface area contributed by atoms with Crippen LogP contribution in [0.5, 0.6) is 5.88 Å². The molecule has 2 aromatic heterocycles. The molecule has 1 unspecified atom stereocenters. The first-order valence-corrected chi connectivity index (χ1v) is 14.7. The number of carbonyl (C=O) groups excluding carboxylic acids is 1. The van der Waals surface area contributed by atoms with Gasteiger partial charge in [-0.25, -0.2) is 13.4 Å². The summed E-state index contributed by atoms with van der Waals surface area (Å²) < 4.78 is 48.3. The van der Waals surface area contributed by atoms with E-state index in [0.717, 1.165) is 6.42 Å². The number of halogens is 1. The third-order valence-electron chi connectivity index (χ3n) is 6.97. The van der Waals surface area contributed by atoms with Gasteiger partial charge >= 0.3 is 0 Å². The number of methoxy groups -OCH3 is 1. The van der Waals surface area contributed by atoms with Crippen molar-refractivity contribution in [3.05, 3.63) is 99.6 Å². The van der Waals surface area contributed by atoms with Crippen LogP contribution in [0.4, 0.5) is 4.39 Å². The molecule has 4 aromatic rings. The summed E-state index contributed by atoms with van der Waals surface area (Å²) in [5.41, 5.74) is 6.42. The summed E-state index contributed by atoms with van der Waals surface area (Å²) in [5.74, 6) is -1.95. The smallest absolute Gasteiger partial charge is 0.296 e. The fraction of sp³-hybridized carbons (Fsp3) is 0.267. The monoisotopic (exact) mass is 594 g/mol. The van der Waals surface area contributed by atoms with Crippen LogP contribution in [0.25, 0.3) is 11.1 Å². The number of pyridine rings is 1. The molecule has 1 amide bonds. The van der Waals surface area contributed by atoms with Crippen molar-refractivity contribution in [1.29, 1.82) is 0 Å². The Morgan fingerprint density at radius 3 is 2.52 bits per heavy atom. The third kappa shape index (κ3) is 5.95. The Morgan fingerprint density at radius 2 is 1.88 bits per heavy atom. The number of rotatable bonds is 11. The molecule has 0 radical (unpaired) electrons. The molecule has 0 aliphatic carbocycles. The molecule has 0 bridgehead atoms. The molecule has 2 heterocycles. The second kappa shape index (κ2) is 12.6. The SMILES string of the molecule is CCCCc1nc(=O)c(S(=O)(=O)c2ccc(-c3ccnc(F)c3C)cc2)c(O)n1C(COC)c1cccc(C(N)=O)c1. The predicted octanol–water partition coefficient (Wildman–Crippen LogP) is 3.97. The highest BCUT2D eigenvalue weighted by Crippen LogP contribution is 2.33. The highest BCUT2D eigenvalue weighted by Gasteiger charge is 2.32. The Hall–Kier alpha value is -4.42. The van der Waals surface area contributed by atoms with Crippen LogP contribution in [0.15, 0.2) is 75.4 Å². The Kier molecular flexibility index (Phi) is 9.17. The summed E-state index contributed by atoms with van der Waals surface area (Å²) in [4.78, 5) is 31.6. The minimum Gasteiger partial charge on any atom is -0.493 e. The molecule has 12 heteroatoms. The van der Waals surface area contributed by atoms with E-state index in [9.17, 15) is 27.5 Å². The van der Waals surface area contributed by atoms with Gasteiger partial charge in [-0.1, -0.05) is 37.6 Å². The van der Waals surface area contributed by atoms with Crippen molar-refractivity contribution in [3.8, 4) is 17.0 Å². The fourth-order valence-corrected chi connectivity index (χ4v) is 6.10. The maximum atomic E-state index is 14.0. The number of ether oxygens (including phenoxy) is 1. The second-order valence-corrected chi connectivity index (χ2v) is 11.6. The summed E-state index contributed by atoms with van der Waals surface area (Å²) in [6.45, 7) is 3.45. The van der Waals surface area contributed by atoms with Gasteiger partial charge in [0.2, 0.25) is 27.6 Å². The number of carbonyl (C=O) groups is 1. The molecule has 0 saturated carbocycles. The molecule has 42 heavy (non-hydrogen) atoms. The summed E-state index contributed by atoms with van der Waals surface area (Å²) in [6.07, 6.45) is 2.93. The summed E-state index contributed by atoms with van der Waals surface area (Å²) >= 11 is 0. The van der Waals surface area contributed by atoms with Crippen LogP contribution in [-0.2, 0) is 21.0 Å². The number of amides is 1. The van der Waals surface area contributed by atoms with E-state index in [2.05, 4.69) is 9.97 Å². The molecule has 0 fully saturated rings. The minimum absolute atomic E-state index is 0.0462. The molecule has 0 spiro atoms. The van der Waals surface area contributed by atoms with Crippen molar-refractivity contribution in [2.45, 2.75) is 48.9 Å². The van der Waals surface area contributed by atoms with Crippen molar-refractivity contribution >= 4 is 15.7 Å². The topological polar surface area (TPSA) is 154 Å². The average Bonchev–Trinajstić information content (AvgIpc) is 2.96. The van der Waals surface area contributed by atoms with Gasteiger partial charge in [-0.3, -0.25) is 14.2 Å². The number of nitrogens with zero attached hydrogens (tertiary/aromatic N) is 3. The van der Waals surface area contributed by atoms with Crippen molar-refractivity contribution < 1.29 is 27.4 Å². The molecule has 4 rings (SSSR count). The molecule has 10 nitrogen and oxygen atoms in total. The number of aromatic hydroxyl groups is 1. The van der Waals surface area contributed by atoms with E-state index < -0.39 is 44.1 Å². The number of primary amides is 1. The molecule has 220 valence electrons. The zero-order valence-electron chi connectivity index (χ0n) is 23.4. The number of hydrogen-bond donors (Lipinski definition) is 2. The van der Waals surface area contributed by atoms with Crippen LogP contribution in [0.3, 0.4) is 0 Å². The lowest BCUT2D eigenvalue weighted by atomic mass is 10.0. The normalized spacial score (nSPS) is 12.3. The maximum Gasteiger partial charge on any atom is 0.296 e. The first-order valence-electron chi connectivity index (χ1n) is 13.2. The minimum atomic E-state index is -4.58. The highest BCUT2D eigenvalue weighted by atomic mass is 32.2. The maximum absolute atomic E-state index is 14.0. The van der Waals surface area contributed by atoms with Crippen LogP contribution in [-0.4, -0.2) is 47.7 Å². The van der Waals surface area contributed by atoms with E-state index >= 15 is 0 Å². The van der Waals surface area contributed by atoms with Crippen molar-refractivity contribution in [3.63, 3.8) is 0 Å². The fourth-order valence-electron chi connectivity index (χ4n) is 4.75. The number of hydrogen-bond acceptors (Lipinski definition) is 8. The summed E-state index contributed by atoms with van der Waals surface area (Å²) in [5, 5.41) is 11.5. The van der Waals surface area contributed by atoms with Crippen LogP contribution in [0.1, 0.15) is 53.1 Å². The number of unbranched alkanes of at least 4 members (excludes halogenated alkanes) is 1. The highest BCUT2D eigenvalue weighted by molar-refractivity contribution is 7.91. The molecule has 2 aromatic carbocycles. The standard InChI is InChI=1S/C30H31FN4O6S/c1-4-5-9-25-34-29(37)26(30(38)35(25)24(17-41-3)20-7-6-8-21(16-20)28(32)36)42(39,40)22-12-10-19(11-13-22)23-14-15-33-27(31)18(23)2/h6-8,10-16,24,38H,4-5,9,17H2,1-3H3,(H2,32,36). The predicted molar refractivity (Wildman–Crippen MR) is 154 cm³/mol. The van der Waals surface area contributed by atoms with E-state index in [1.165, 1.54) is 54.3 Å². The molecule has 3 N–H and O–H groups in total. The van der Waals surface area contributed by atoms with Gasteiger partial charge < -0.3 is 15.6 Å². The molecule has 0 saturated heterocycles. The van der Waals surface area contributed by atoms with E-state index in [-0.39, 0.29) is 29.3 Å². The van der Waals surface area contributed by atoms with Gasteiger partial charge in [-0.05, 0) is 60.4 Å². The zero-order chi connectivity index (χ0) is 30.6. The van der Waals surface area contributed by atoms with Crippen LogP contribution < -0.4 is 11.3 Å². The molecule has 1 atom stereocenters. The van der Waals surface area contributed by atoms with Gasteiger partial charge in [-0.2, -0.15) is 9.37 Å². The quantitative estimate of drug-likeness (QED) is 0.247. The second-order valence-electron chi connectivity index (χ2n) is 9.72. The van der Waals surface area contributed by atoms with Crippen molar-refractivity contribution in [2.24, 2.45) is 5.73 Å². The van der Waals surface area contributed by atoms with Crippen LogP contribution >= 0.6 is 0 Å². The Balaban J connectivity index is 1.89. The molecular weight excluding hydrogens is 563 g/mol. The first kappa shape index (κ1) is 30.5. The lowest BCUT2D eigenvalue weighted by molar-refractivity contribution is 0.1000. The van der Waals surface area contributed by atoms with Gasteiger partial charge in [0.1, 0.15) is 5.82 Å². The summed E-state index contributed by atoms with van der Waals surface area (Å²) in [7, 11) is -3.15. The first-order chi connectivity index (χ1) is 20.0. The largest absolute Gasteiger partial charge is 0.493 e. The van der Waals surface area contributed by atoms with Gasteiger partial charge in [0, 0.05) is 30.9 Å². The van der Waals surface area contributed by atoms with Gasteiger partial charge in [0.15, 0.2) is 4.90 Å². The molecule has 0 aliphatic rings. The number of aryl methyl sites for hydroxylation is 1. The van der Waals surface area contributed by atoms with E-state index in [1.807, 2.05) is 6.92 Å². The van der Waals surface area contributed by atoms with E-state index in [4.69, 9.17) is 10.5 Å². The van der Waals surface area contributed by atoms with Gasteiger partial charge in [-0.15, -0.1) is 0 Å². The average molecular weight is 595 g/mol. The van der Waals surface area contributed by atoms with Crippen molar-refractivity contribution in [2.75, 3.05) is 13.7 Å². The Morgan fingerprint density at radius 1 is 1.17 bits per heavy atom. The van der Waals surface area contributed by atoms with Gasteiger partial charge in [0.25, 0.3) is 5.56 Å². The van der Waals surface area contributed by atoms with E-state index in [0.29, 0.717) is 28.7 Å². The van der Waals surface area contributed by atoms with E-state index in [1.54, 1.807) is 25.1 Å². The number of aromatic nitrogens is 3. The van der Waals surface area contributed by atoms with Crippen LogP contribution in [0, 0.1) is 12.9 Å². The van der Waals surface area contributed by atoms with Crippen LogP contribution in [0.2, 0.25) is 0 Å². The van der Waals surface area contributed by atoms with Gasteiger partial charge in [0.05, 0.1) is 17.5 Å². The number of benzene rings is 2. The summed E-state index contributed by atoms with van der Waals surface area (Å²) in [6, 6.07) is 12.6. The molecule has 0 aliphatic heterocycles. The third-order valence-corrected chi connectivity index (χ3v) is 8.75. The number of nitrogens with two attached hydrogens (primary N) is 1. The lowest BCUT2D eigenvalue weighted by Crippen LogP contribution is -2.29. The Labute approximate surface area is 242 Å². The van der Waals surface area contributed by atoms with Crippen molar-refractivity contribution in [1.82, 2.24) is 14.5 Å². The zero-order valence-corrected chi connectivity index (χ0v) is 24.2. The Bertz CT molecular complexity index is 1790. The number of sulfone groups is 1. The molecular formula is C30H31FN4O6S.